The highest BCUT2D eigenvalue weighted by Gasteiger charge is 2.13. The molecule has 88 valence electrons. The minimum atomic E-state index is -0.456. The summed E-state index contributed by atoms with van der Waals surface area (Å²) in [7, 11) is 1.73. The van der Waals surface area contributed by atoms with Crippen molar-refractivity contribution >= 4 is 11.6 Å². The number of halogens is 1. The lowest BCUT2D eigenvalue weighted by Gasteiger charge is -2.04. The Morgan fingerprint density at radius 1 is 1.41 bits per heavy atom. The molecule has 0 fully saturated rings. The summed E-state index contributed by atoms with van der Waals surface area (Å²) in [5, 5.41) is 6.57. The highest BCUT2D eigenvalue weighted by atomic mass is 19.1. The monoisotopic (exact) mass is 233 g/mol. The van der Waals surface area contributed by atoms with Gasteiger partial charge in [0.1, 0.15) is 5.82 Å². The van der Waals surface area contributed by atoms with Crippen molar-refractivity contribution in [3.8, 4) is 0 Å². The maximum Gasteiger partial charge on any atom is 0.259 e. The van der Waals surface area contributed by atoms with Gasteiger partial charge in [0.2, 0.25) is 0 Å². The summed E-state index contributed by atoms with van der Waals surface area (Å²) in [6.45, 7) is 1.73. The minimum Gasteiger partial charge on any atom is -0.319 e. The molecule has 0 atom stereocenters. The van der Waals surface area contributed by atoms with Crippen LogP contribution in [0.2, 0.25) is 0 Å². The van der Waals surface area contributed by atoms with Gasteiger partial charge in [-0.1, -0.05) is 12.1 Å². The Hall–Kier alpha value is -2.17. The summed E-state index contributed by atoms with van der Waals surface area (Å²) in [5.41, 5.74) is 1.22. The Labute approximate surface area is 98.1 Å². The average Bonchev–Trinajstić information content (AvgIpc) is 2.61. The van der Waals surface area contributed by atoms with Crippen molar-refractivity contribution in [3.63, 3.8) is 0 Å². The van der Waals surface area contributed by atoms with Crippen LogP contribution in [0.4, 0.5) is 10.1 Å². The van der Waals surface area contributed by atoms with E-state index in [1.54, 1.807) is 37.0 Å². The predicted molar refractivity (Wildman–Crippen MR) is 62.3 cm³/mol. The smallest absolute Gasteiger partial charge is 0.259 e. The molecule has 17 heavy (non-hydrogen) atoms. The molecular weight excluding hydrogens is 221 g/mol. The van der Waals surface area contributed by atoms with E-state index in [-0.39, 0.29) is 11.6 Å². The van der Waals surface area contributed by atoms with Gasteiger partial charge in [0.15, 0.2) is 0 Å². The largest absolute Gasteiger partial charge is 0.319 e. The van der Waals surface area contributed by atoms with E-state index < -0.39 is 5.82 Å². The second kappa shape index (κ2) is 4.37. The summed E-state index contributed by atoms with van der Waals surface area (Å²) in [6.07, 6.45) is 1.60. The maximum absolute atomic E-state index is 13.3. The van der Waals surface area contributed by atoms with Crippen LogP contribution in [0.5, 0.6) is 0 Å². The fourth-order valence-corrected chi connectivity index (χ4v) is 1.57. The second-order valence-corrected chi connectivity index (χ2v) is 3.74. The number of hydrogen-bond acceptors (Lipinski definition) is 2. The lowest BCUT2D eigenvalue weighted by molar-refractivity contribution is 0.102. The highest BCUT2D eigenvalue weighted by Crippen LogP contribution is 2.14. The zero-order valence-corrected chi connectivity index (χ0v) is 9.57. The van der Waals surface area contributed by atoms with Crippen molar-refractivity contribution < 1.29 is 9.18 Å². The van der Waals surface area contributed by atoms with E-state index in [1.165, 1.54) is 12.1 Å². The molecular formula is C12H12FN3O. The fraction of sp³-hybridized carbons (Fsp3) is 0.167. The zero-order chi connectivity index (χ0) is 12.4. The standard InChI is InChI=1S/C12H12FN3O/c1-8-9(7-16(2)15-8)12(17)14-11-6-4-3-5-10(11)13/h3-7H,1-2H3,(H,14,17). The Morgan fingerprint density at radius 2 is 2.12 bits per heavy atom. The van der Waals surface area contributed by atoms with Crippen LogP contribution in [0.3, 0.4) is 0 Å². The number of rotatable bonds is 2. The van der Waals surface area contributed by atoms with Crippen molar-refractivity contribution in [2.75, 3.05) is 5.32 Å². The van der Waals surface area contributed by atoms with Gasteiger partial charge in [-0.2, -0.15) is 5.10 Å². The number of carbonyl (C=O) groups is 1. The second-order valence-electron chi connectivity index (χ2n) is 3.74. The summed E-state index contributed by atoms with van der Waals surface area (Å²) < 4.78 is 14.9. The molecule has 1 aromatic carbocycles. The van der Waals surface area contributed by atoms with Crippen LogP contribution in [-0.4, -0.2) is 15.7 Å². The SMILES string of the molecule is Cc1nn(C)cc1C(=O)Nc1ccccc1F. The minimum absolute atomic E-state index is 0.167. The van der Waals surface area contributed by atoms with E-state index in [2.05, 4.69) is 10.4 Å². The van der Waals surface area contributed by atoms with Crippen molar-refractivity contribution in [1.82, 2.24) is 9.78 Å². The van der Waals surface area contributed by atoms with Gasteiger partial charge in [-0.3, -0.25) is 9.48 Å². The number of amides is 1. The van der Waals surface area contributed by atoms with Crippen LogP contribution in [0.25, 0.3) is 0 Å². The van der Waals surface area contributed by atoms with Crippen molar-refractivity contribution in [3.05, 3.63) is 47.5 Å². The van der Waals surface area contributed by atoms with Gasteiger partial charge in [0.05, 0.1) is 16.9 Å². The van der Waals surface area contributed by atoms with Gasteiger partial charge in [-0.05, 0) is 19.1 Å². The lowest BCUT2D eigenvalue weighted by Crippen LogP contribution is -2.13. The molecule has 0 spiro atoms. The Morgan fingerprint density at radius 3 is 2.71 bits per heavy atom. The number of anilines is 1. The predicted octanol–water partition coefficient (Wildman–Crippen LogP) is 2.12. The molecule has 2 rings (SSSR count). The van der Waals surface area contributed by atoms with Gasteiger partial charge in [-0.25, -0.2) is 4.39 Å². The molecule has 4 nitrogen and oxygen atoms in total. The van der Waals surface area contributed by atoms with Gasteiger partial charge in [-0.15, -0.1) is 0 Å². The molecule has 0 unspecified atom stereocenters. The summed E-state index contributed by atoms with van der Waals surface area (Å²) in [4.78, 5) is 11.9. The summed E-state index contributed by atoms with van der Waals surface area (Å²) in [6, 6.07) is 6.04. The quantitative estimate of drug-likeness (QED) is 0.863. The Balaban J connectivity index is 2.23. The number of benzene rings is 1. The van der Waals surface area contributed by atoms with Crippen LogP contribution in [-0.2, 0) is 7.05 Å². The van der Waals surface area contributed by atoms with E-state index in [1.807, 2.05) is 0 Å². The van der Waals surface area contributed by atoms with Gasteiger partial charge in [0.25, 0.3) is 5.91 Å². The number of para-hydroxylation sites is 1. The first-order chi connectivity index (χ1) is 8.08. The third kappa shape index (κ3) is 2.33. The Bertz CT molecular complexity index is 563. The molecule has 1 heterocycles. The zero-order valence-electron chi connectivity index (χ0n) is 9.57. The maximum atomic E-state index is 13.3. The van der Waals surface area contributed by atoms with Crippen LogP contribution in [0, 0.1) is 12.7 Å². The molecule has 1 N–H and O–H groups in total. The first kappa shape index (κ1) is 11.3. The summed E-state index contributed by atoms with van der Waals surface area (Å²) >= 11 is 0. The molecule has 0 radical (unpaired) electrons. The topological polar surface area (TPSA) is 46.9 Å². The highest BCUT2D eigenvalue weighted by molar-refractivity contribution is 6.04. The first-order valence-electron chi connectivity index (χ1n) is 5.14. The third-order valence-corrected chi connectivity index (χ3v) is 2.38. The molecule has 0 aliphatic carbocycles. The summed E-state index contributed by atoms with van der Waals surface area (Å²) in [5.74, 6) is -0.817. The van der Waals surface area contributed by atoms with Gasteiger partial charge < -0.3 is 5.32 Å². The van der Waals surface area contributed by atoms with Crippen molar-refractivity contribution in [2.24, 2.45) is 7.05 Å². The average molecular weight is 233 g/mol. The van der Waals surface area contributed by atoms with Crippen molar-refractivity contribution in [1.29, 1.82) is 0 Å². The molecule has 0 aliphatic heterocycles. The van der Waals surface area contributed by atoms with Crippen LogP contribution in [0.15, 0.2) is 30.5 Å². The van der Waals surface area contributed by atoms with Crippen LogP contribution in [0.1, 0.15) is 16.1 Å². The number of nitrogens with zero attached hydrogens (tertiary/aromatic N) is 2. The number of hydrogen-bond donors (Lipinski definition) is 1. The molecule has 1 amide bonds. The normalized spacial score (nSPS) is 10.3. The van der Waals surface area contributed by atoms with Gasteiger partial charge >= 0.3 is 0 Å². The first-order valence-corrected chi connectivity index (χ1v) is 5.14. The molecule has 0 saturated heterocycles. The molecule has 0 saturated carbocycles. The van der Waals surface area contributed by atoms with E-state index in [0.717, 1.165) is 0 Å². The molecule has 1 aromatic heterocycles. The number of aryl methyl sites for hydroxylation is 2. The van der Waals surface area contributed by atoms with E-state index in [4.69, 9.17) is 0 Å². The van der Waals surface area contributed by atoms with Crippen LogP contribution < -0.4 is 5.32 Å². The Kier molecular flexibility index (Phi) is 2.91. The van der Waals surface area contributed by atoms with E-state index >= 15 is 0 Å². The number of nitrogens with one attached hydrogen (secondary N) is 1. The van der Waals surface area contributed by atoms with Crippen LogP contribution >= 0.6 is 0 Å². The van der Waals surface area contributed by atoms with E-state index in [0.29, 0.717) is 11.3 Å². The van der Waals surface area contributed by atoms with Gasteiger partial charge in [0, 0.05) is 13.2 Å². The molecule has 0 bridgehead atoms. The van der Waals surface area contributed by atoms with Crippen molar-refractivity contribution in [2.45, 2.75) is 6.92 Å². The van der Waals surface area contributed by atoms with E-state index in [9.17, 15) is 9.18 Å². The number of aromatic nitrogens is 2. The number of carbonyl (C=O) groups excluding carboxylic acids is 1. The third-order valence-electron chi connectivity index (χ3n) is 2.38. The molecule has 0 aliphatic rings. The fourth-order valence-electron chi connectivity index (χ4n) is 1.57. The lowest BCUT2D eigenvalue weighted by atomic mass is 10.2. The molecule has 5 heteroatoms. The molecule has 2 aromatic rings.